The van der Waals surface area contributed by atoms with Crippen LogP contribution in [0.2, 0.25) is 0 Å². The number of nitrogens with zero attached hydrogens (tertiary/aromatic N) is 1. The van der Waals surface area contributed by atoms with Gasteiger partial charge in [-0.1, -0.05) is 19.9 Å². The van der Waals surface area contributed by atoms with Gasteiger partial charge in [-0.05, 0) is 33.6 Å². The summed E-state index contributed by atoms with van der Waals surface area (Å²) in [7, 11) is -3.45. The molecule has 5 nitrogen and oxygen atoms in total. The third-order valence-corrected chi connectivity index (χ3v) is 6.17. The van der Waals surface area contributed by atoms with Crippen LogP contribution < -0.4 is 5.32 Å². The van der Waals surface area contributed by atoms with Crippen molar-refractivity contribution in [2.45, 2.75) is 31.3 Å². The molecule has 0 aromatic heterocycles. The molecule has 21 heavy (non-hydrogen) atoms. The zero-order valence-electron chi connectivity index (χ0n) is 12.3. The largest absolute Gasteiger partial charge is 0.379 e. The molecule has 1 aromatic carbocycles. The summed E-state index contributed by atoms with van der Waals surface area (Å²) < 4.78 is 32.5. The molecule has 1 N–H and O–H groups in total. The second-order valence-electron chi connectivity index (χ2n) is 5.32. The van der Waals surface area contributed by atoms with Gasteiger partial charge in [0.25, 0.3) is 0 Å². The van der Waals surface area contributed by atoms with Gasteiger partial charge < -0.3 is 10.1 Å². The number of sulfonamides is 1. The van der Waals surface area contributed by atoms with Crippen LogP contribution in [-0.2, 0) is 21.3 Å². The second-order valence-corrected chi connectivity index (χ2v) is 8.08. The molecule has 0 atom stereocenters. The van der Waals surface area contributed by atoms with Gasteiger partial charge in [-0.3, -0.25) is 0 Å². The van der Waals surface area contributed by atoms with E-state index in [1.807, 2.05) is 12.1 Å². The van der Waals surface area contributed by atoms with Crippen molar-refractivity contribution in [1.82, 2.24) is 9.62 Å². The lowest BCUT2D eigenvalue weighted by atomic mass is 10.2. The molecule has 7 heteroatoms. The lowest BCUT2D eigenvalue weighted by Gasteiger charge is -2.26. The van der Waals surface area contributed by atoms with Crippen molar-refractivity contribution < 1.29 is 13.2 Å². The Balaban J connectivity index is 2.19. The third kappa shape index (κ3) is 4.26. The van der Waals surface area contributed by atoms with E-state index >= 15 is 0 Å². The lowest BCUT2D eigenvalue weighted by Crippen LogP contribution is -2.40. The van der Waals surface area contributed by atoms with E-state index in [1.54, 1.807) is 6.07 Å². The number of morpholine rings is 1. The summed E-state index contributed by atoms with van der Waals surface area (Å²) in [6, 6.07) is 5.78. The Morgan fingerprint density at radius 3 is 2.57 bits per heavy atom. The number of ether oxygens (including phenoxy) is 1. The molecule has 1 aliphatic heterocycles. The summed E-state index contributed by atoms with van der Waals surface area (Å²) in [6.07, 6.45) is 0. The van der Waals surface area contributed by atoms with Gasteiger partial charge in [0.2, 0.25) is 10.0 Å². The van der Waals surface area contributed by atoms with Crippen LogP contribution in [0.3, 0.4) is 0 Å². The molecule has 1 heterocycles. The standard InChI is InChI=1S/C14H21BrN2O3S/c1-11(2)16-10-12-3-4-14(13(15)9-12)21(18,19)17-5-7-20-8-6-17/h3-4,9,11,16H,5-8,10H2,1-2H3. The predicted octanol–water partition coefficient (Wildman–Crippen LogP) is 1.97. The van der Waals surface area contributed by atoms with E-state index in [0.29, 0.717) is 48.3 Å². The predicted molar refractivity (Wildman–Crippen MR) is 85.7 cm³/mol. The quantitative estimate of drug-likeness (QED) is 0.853. The van der Waals surface area contributed by atoms with Crippen molar-refractivity contribution in [2.75, 3.05) is 26.3 Å². The summed E-state index contributed by atoms with van der Waals surface area (Å²) in [5.41, 5.74) is 1.05. The minimum atomic E-state index is -3.45. The fourth-order valence-corrected chi connectivity index (χ4v) is 4.60. The SMILES string of the molecule is CC(C)NCc1ccc(S(=O)(=O)N2CCOCC2)c(Br)c1. The average Bonchev–Trinajstić information content (AvgIpc) is 2.46. The Kier molecular flexibility index (Phi) is 5.79. The first-order chi connectivity index (χ1) is 9.91. The van der Waals surface area contributed by atoms with E-state index in [-0.39, 0.29) is 0 Å². The van der Waals surface area contributed by atoms with Crippen molar-refractivity contribution in [3.8, 4) is 0 Å². The minimum absolute atomic E-state index is 0.317. The second kappa shape index (κ2) is 7.19. The van der Waals surface area contributed by atoms with Crippen LogP contribution in [0.1, 0.15) is 19.4 Å². The highest BCUT2D eigenvalue weighted by atomic mass is 79.9. The van der Waals surface area contributed by atoms with Crippen LogP contribution in [0, 0.1) is 0 Å². The molecular formula is C14H21BrN2O3S. The normalized spacial score (nSPS) is 17.3. The van der Waals surface area contributed by atoms with E-state index in [9.17, 15) is 8.42 Å². The molecule has 0 unspecified atom stereocenters. The molecule has 2 rings (SSSR count). The van der Waals surface area contributed by atoms with Crippen molar-refractivity contribution in [1.29, 1.82) is 0 Å². The Hall–Kier alpha value is -0.470. The fraction of sp³-hybridized carbons (Fsp3) is 0.571. The molecule has 1 aromatic rings. The molecule has 0 aliphatic carbocycles. The van der Waals surface area contributed by atoms with E-state index in [4.69, 9.17) is 4.74 Å². The topological polar surface area (TPSA) is 58.6 Å². The maximum Gasteiger partial charge on any atom is 0.244 e. The van der Waals surface area contributed by atoms with Crippen LogP contribution >= 0.6 is 15.9 Å². The van der Waals surface area contributed by atoms with E-state index < -0.39 is 10.0 Å². The van der Waals surface area contributed by atoms with Crippen LogP contribution in [-0.4, -0.2) is 45.1 Å². The molecule has 0 saturated carbocycles. The number of rotatable bonds is 5. The molecule has 0 amide bonds. The summed E-state index contributed by atoms with van der Waals surface area (Å²) in [4.78, 5) is 0.317. The average molecular weight is 377 g/mol. The molecule has 1 aliphatic rings. The van der Waals surface area contributed by atoms with Crippen molar-refractivity contribution in [3.05, 3.63) is 28.2 Å². The molecular weight excluding hydrogens is 356 g/mol. The molecule has 0 radical (unpaired) electrons. The number of nitrogens with one attached hydrogen (secondary N) is 1. The minimum Gasteiger partial charge on any atom is -0.379 e. The summed E-state index contributed by atoms with van der Waals surface area (Å²) in [6.45, 7) is 6.59. The number of benzene rings is 1. The van der Waals surface area contributed by atoms with E-state index in [1.165, 1.54) is 4.31 Å². The first-order valence-corrected chi connectivity index (χ1v) is 9.24. The fourth-order valence-electron chi connectivity index (χ4n) is 2.11. The van der Waals surface area contributed by atoms with Crippen LogP contribution in [0.5, 0.6) is 0 Å². The molecule has 1 saturated heterocycles. The third-order valence-electron chi connectivity index (χ3n) is 3.30. The van der Waals surface area contributed by atoms with Gasteiger partial charge >= 0.3 is 0 Å². The maximum absolute atomic E-state index is 12.6. The lowest BCUT2D eigenvalue weighted by molar-refractivity contribution is 0.0730. The zero-order valence-corrected chi connectivity index (χ0v) is 14.7. The maximum atomic E-state index is 12.6. The van der Waals surface area contributed by atoms with Crippen molar-refractivity contribution in [3.63, 3.8) is 0 Å². The molecule has 0 spiro atoms. The number of hydrogen-bond acceptors (Lipinski definition) is 4. The number of hydrogen-bond donors (Lipinski definition) is 1. The Morgan fingerprint density at radius 1 is 1.33 bits per heavy atom. The van der Waals surface area contributed by atoms with Gasteiger partial charge in [0.15, 0.2) is 0 Å². The molecule has 1 fully saturated rings. The van der Waals surface area contributed by atoms with Crippen molar-refractivity contribution >= 4 is 26.0 Å². The van der Waals surface area contributed by atoms with Gasteiger partial charge in [0.1, 0.15) is 0 Å². The van der Waals surface area contributed by atoms with Crippen molar-refractivity contribution in [2.24, 2.45) is 0 Å². The van der Waals surface area contributed by atoms with Gasteiger partial charge in [0.05, 0.1) is 18.1 Å². The van der Waals surface area contributed by atoms with Crippen LogP contribution in [0.25, 0.3) is 0 Å². The Bertz CT molecular complexity index is 584. The Labute approximate surface area is 134 Å². The molecule has 0 bridgehead atoms. The zero-order chi connectivity index (χ0) is 15.5. The van der Waals surface area contributed by atoms with Gasteiger partial charge in [-0.15, -0.1) is 0 Å². The van der Waals surface area contributed by atoms with Gasteiger partial charge in [-0.25, -0.2) is 8.42 Å². The van der Waals surface area contributed by atoms with Gasteiger partial charge in [0, 0.05) is 30.1 Å². The van der Waals surface area contributed by atoms with Crippen LogP contribution in [0.4, 0.5) is 0 Å². The first-order valence-electron chi connectivity index (χ1n) is 7.01. The molecule has 118 valence electrons. The highest BCUT2D eigenvalue weighted by molar-refractivity contribution is 9.10. The highest BCUT2D eigenvalue weighted by Crippen LogP contribution is 2.26. The smallest absolute Gasteiger partial charge is 0.244 e. The van der Waals surface area contributed by atoms with E-state index in [2.05, 4.69) is 35.1 Å². The summed E-state index contributed by atoms with van der Waals surface area (Å²) in [5.74, 6) is 0. The summed E-state index contributed by atoms with van der Waals surface area (Å²) >= 11 is 3.39. The van der Waals surface area contributed by atoms with Gasteiger partial charge in [-0.2, -0.15) is 4.31 Å². The monoisotopic (exact) mass is 376 g/mol. The Morgan fingerprint density at radius 2 is 2.00 bits per heavy atom. The summed E-state index contributed by atoms with van der Waals surface area (Å²) in [5, 5.41) is 3.31. The highest BCUT2D eigenvalue weighted by Gasteiger charge is 2.28. The first kappa shape index (κ1) is 16.9. The van der Waals surface area contributed by atoms with Crippen LogP contribution in [0.15, 0.2) is 27.6 Å². The number of halogens is 1. The van der Waals surface area contributed by atoms with E-state index in [0.717, 1.165) is 5.56 Å².